The fraction of sp³-hybridized carbons (Fsp3) is 0.150. The van der Waals surface area contributed by atoms with E-state index in [1.54, 1.807) is 0 Å². The number of carbonyl (C=O) groups is 1. The maximum atomic E-state index is 12.0. The first-order valence-corrected chi connectivity index (χ1v) is 7.66. The second kappa shape index (κ2) is 6.97. The highest BCUT2D eigenvalue weighted by Crippen LogP contribution is 2.18. The fourth-order valence-corrected chi connectivity index (χ4v) is 2.55. The van der Waals surface area contributed by atoms with Gasteiger partial charge in [-0.3, -0.25) is 4.79 Å². The summed E-state index contributed by atoms with van der Waals surface area (Å²) in [5.74, 6) is 0.619. The quantitative estimate of drug-likeness (QED) is 0.777. The van der Waals surface area contributed by atoms with Gasteiger partial charge in [0.1, 0.15) is 5.75 Å². The molecule has 0 aromatic heterocycles. The van der Waals surface area contributed by atoms with Gasteiger partial charge in [0.05, 0.1) is 0 Å². The molecule has 3 heteroatoms. The van der Waals surface area contributed by atoms with Gasteiger partial charge >= 0.3 is 0 Å². The topological polar surface area (TPSA) is 38.3 Å². The molecule has 0 fully saturated rings. The lowest BCUT2D eigenvalue weighted by molar-refractivity contribution is -0.123. The molecule has 0 aliphatic heterocycles. The van der Waals surface area contributed by atoms with Crippen molar-refractivity contribution in [2.45, 2.75) is 13.5 Å². The zero-order valence-electron chi connectivity index (χ0n) is 13.1. The minimum atomic E-state index is -0.124. The summed E-state index contributed by atoms with van der Waals surface area (Å²) in [7, 11) is 0. The lowest BCUT2D eigenvalue weighted by Gasteiger charge is -2.10. The van der Waals surface area contributed by atoms with Gasteiger partial charge in [-0.2, -0.15) is 0 Å². The maximum absolute atomic E-state index is 12.0. The van der Waals surface area contributed by atoms with Crippen LogP contribution >= 0.6 is 0 Å². The molecule has 3 rings (SSSR count). The van der Waals surface area contributed by atoms with Gasteiger partial charge in [0.2, 0.25) is 0 Å². The number of rotatable bonds is 5. The second-order valence-corrected chi connectivity index (χ2v) is 5.47. The van der Waals surface area contributed by atoms with Gasteiger partial charge in [-0.1, -0.05) is 60.7 Å². The van der Waals surface area contributed by atoms with Crippen molar-refractivity contribution < 1.29 is 9.53 Å². The van der Waals surface area contributed by atoms with Gasteiger partial charge in [0.25, 0.3) is 5.91 Å². The minimum Gasteiger partial charge on any atom is -0.484 e. The van der Waals surface area contributed by atoms with Crippen molar-refractivity contribution in [1.82, 2.24) is 5.32 Å². The summed E-state index contributed by atoms with van der Waals surface area (Å²) < 4.78 is 5.56. The number of hydrogen-bond donors (Lipinski definition) is 1. The zero-order valence-corrected chi connectivity index (χ0v) is 13.1. The Morgan fingerprint density at radius 1 is 0.957 bits per heavy atom. The van der Waals surface area contributed by atoms with Crippen LogP contribution in [-0.4, -0.2) is 12.5 Å². The molecule has 0 radical (unpaired) electrons. The summed E-state index contributed by atoms with van der Waals surface area (Å²) in [4.78, 5) is 12.0. The molecule has 1 amide bonds. The molecule has 3 aromatic rings. The number of fused-ring (bicyclic) bond motifs is 1. The van der Waals surface area contributed by atoms with Crippen molar-refractivity contribution >= 4 is 16.7 Å². The van der Waals surface area contributed by atoms with E-state index in [4.69, 9.17) is 4.74 Å². The number of amides is 1. The van der Waals surface area contributed by atoms with Gasteiger partial charge < -0.3 is 10.1 Å². The van der Waals surface area contributed by atoms with E-state index in [1.807, 2.05) is 55.5 Å². The molecule has 0 unspecified atom stereocenters. The molecule has 0 aliphatic rings. The predicted octanol–water partition coefficient (Wildman–Crippen LogP) is 3.84. The van der Waals surface area contributed by atoms with Crippen LogP contribution in [0.15, 0.2) is 66.7 Å². The number of para-hydroxylation sites is 1. The third-order valence-corrected chi connectivity index (χ3v) is 3.81. The Balaban J connectivity index is 1.59. The molecular weight excluding hydrogens is 286 g/mol. The van der Waals surface area contributed by atoms with Crippen molar-refractivity contribution in [3.05, 3.63) is 77.9 Å². The number of carbonyl (C=O) groups excluding carboxylic acids is 1. The van der Waals surface area contributed by atoms with Crippen LogP contribution in [0.25, 0.3) is 10.8 Å². The van der Waals surface area contributed by atoms with Crippen LogP contribution in [0.3, 0.4) is 0 Å². The van der Waals surface area contributed by atoms with Crippen molar-refractivity contribution in [2.24, 2.45) is 0 Å². The lowest BCUT2D eigenvalue weighted by Crippen LogP contribution is -2.28. The van der Waals surface area contributed by atoms with Crippen molar-refractivity contribution in [2.75, 3.05) is 6.61 Å². The van der Waals surface area contributed by atoms with Gasteiger partial charge in [0.15, 0.2) is 6.61 Å². The highest BCUT2D eigenvalue weighted by molar-refractivity contribution is 5.86. The normalized spacial score (nSPS) is 10.5. The molecule has 1 N–H and O–H groups in total. The molecule has 0 heterocycles. The Kier molecular flexibility index (Phi) is 4.57. The zero-order chi connectivity index (χ0) is 16.1. The average Bonchev–Trinajstić information content (AvgIpc) is 2.59. The molecule has 0 bridgehead atoms. The van der Waals surface area contributed by atoms with Crippen LogP contribution in [0.4, 0.5) is 0 Å². The average molecular weight is 305 g/mol. The largest absolute Gasteiger partial charge is 0.484 e. The Morgan fingerprint density at radius 3 is 2.57 bits per heavy atom. The molecule has 0 saturated carbocycles. The summed E-state index contributed by atoms with van der Waals surface area (Å²) in [6, 6.07) is 22.0. The molecule has 3 nitrogen and oxygen atoms in total. The van der Waals surface area contributed by atoms with Crippen LogP contribution in [0, 0.1) is 6.92 Å². The summed E-state index contributed by atoms with van der Waals surface area (Å²) in [5.41, 5.74) is 2.13. The molecule has 0 saturated heterocycles. The first-order chi connectivity index (χ1) is 11.2. The lowest BCUT2D eigenvalue weighted by atomic mass is 10.0. The van der Waals surface area contributed by atoms with E-state index < -0.39 is 0 Å². The van der Waals surface area contributed by atoms with Gasteiger partial charge in [-0.25, -0.2) is 0 Å². The van der Waals surface area contributed by atoms with Gasteiger partial charge in [0, 0.05) is 6.54 Å². The fourth-order valence-electron chi connectivity index (χ4n) is 2.55. The van der Waals surface area contributed by atoms with Crippen LogP contribution in [0.2, 0.25) is 0 Å². The molecule has 0 atom stereocenters. The summed E-state index contributed by atoms with van der Waals surface area (Å²) in [5, 5.41) is 5.26. The Morgan fingerprint density at radius 2 is 1.70 bits per heavy atom. The third kappa shape index (κ3) is 3.69. The van der Waals surface area contributed by atoms with Crippen molar-refractivity contribution in [3.8, 4) is 5.75 Å². The predicted molar refractivity (Wildman–Crippen MR) is 92.5 cm³/mol. The van der Waals surface area contributed by atoms with Crippen molar-refractivity contribution in [3.63, 3.8) is 0 Å². The highest BCUT2D eigenvalue weighted by Gasteiger charge is 2.06. The number of hydrogen-bond acceptors (Lipinski definition) is 2. The van der Waals surface area contributed by atoms with Crippen molar-refractivity contribution in [1.29, 1.82) is 0 Å². The number of aryl methyl sites for hydroxylation is 1. The van der Waals surface area contributed by atoms with E-state index in [1.165, 1.54) is 5.39 Å². The van der Waals surface area contributed by atoms with E-state index in [0.29, 0.717) is 6.54 Å². The highest BCUT2D eigenvalue weighted by atomic mass is 16.5. The molecule has 0 spiro atoms. The van der Waals surface area contributed by atoms with E-state index in [2.05, 4.69) is 23.5 Å². The van der Waals surface area contributed by atoms with E-state index >= 15 is 0 Å². The van der Waals surface area contributed by atoms with Gasteiger partial charge in [-0.05, 0) is 34.9 Å². The van der Waals surface area contributed by atoms with Crippen LogP contribution in [-0.2, 0) is 11.3 Å². The Labute approximate surface area is 135 Å². The molecule has 3 aromatic carbocycles. The maximum Gasteiger partial charge on any atom is 0.258 e. The standard InChI is InChI=1S/C20H19NO2/c1-15-7-2-5-12-19(15)23-14-20(22)21-13-17-10-6-9-16-8-3-4-11-18(16)17/h2-12H,13-14H2,1H3,(H,21,22). The Bertz CT molecular complexity index is 821. The summed E-state index contributed by atoms with van der Waals surface area (Å²) in [6.07, 6.45) is 0. The minimum absolute atomic E-state index is 0.0234. The van der Waals surface area contributed by atoms with E-state index in [0.717, 1.165) is 22.3 Å². The van der Waals surface area contributed by atoms with E-state index in [-0.39, 0.29) is 12.5 Å². The number of benzene rings is 3. The summed E-state index contributed by atoms with van der Waals surface area (Å²) >= 11 is 0. The SMILES string of the molecule is Cc1ccccc1OCC(=O)NCc1cccc2ccccc12. The van der Waals surface area contributed by atoms with Gasteiger partial charge in [-0.15, -0.1) is 0 Å². The van der Waals surface area contributed by atoms with E-state index in [9.17, 15) is 4.79 Å². The van der Waals surface area contributed by atoms with Crippen LogP contribution in [0.1, 0.15) is 11.1 Å². The molecule has 0 aliphatic carbocycles. The molecule has 23 heavy (non-hydrogen) atoms. The first-order valence-electron chi connectivity index (χ1n) is 7.66. The second-order valence-electron chi connectivity index (χ2n) is 5.47. The first kappa shape index (κ1) is 15.1. The number of nitrogens with one attached hydrogen (secondary N) is 1. The number of ether oxygens (including phenoxy) is 1. The smallest absolute Gasteiger partial charge is 0.258 e. The van der Waals surface area contributed by atoms with Crippen LogP contribution < -0.4 is 10.1 Å². The monoisotopic (exact) mass is 305 g/mol. The third-order valence-electron chi connectivity index (χ3n) is 3.81. The molecular formula is C20H19NO2. The Hall–Kier alpha value is -2.81. The molecule has 116 valence electrons. The summed E-state index contributed by atoms with van der Waals surface area (Å²) in [6.45, 7) is 2.48. The van der Waals surface area contributed by atoms with Crippen LogP contribution in [0.5, 0.6) is 5.75 Å².